The quantitative estimate of drug-likeness (QED) is 0.581. The lowest BCUT2D eigenvalue weighted by molar-refractivity contribution is -0.150. The van der Waals surface area contributed by atoms with Crippen LogP contribution in [0.2, 0.25) is 0 Å². The van der Waals surface area contributed by atoms with Crippen molar-refractivity contribution in [3.8, 4) is 0 Å². The second kappa shape index (κ2) is 3.36. The predicted octanol–water partition coefficient (Wildman–Crippen LogP) is 0.373. The predicted molar refractivity (Wildman–Crippen MR) is 51.2 cm³/mol. The Balaban J connectivity index is 2.47. The molecule has 0 radical (unpaired) electrons. The highest BCUT2D eigenvalue weighted by atomic mass is 16.4. The van der Waals surface area contributed by atoms with Crippen molar-refractivity contribution in [1.82, 2.24) is 0 Å². The van der Waals surface area contributed by atoms with Crippen LogP contribution < -0.4 is 5.32 Å². The number of para-hydroxylation sites is 1. The minimum Gasteiger partial charge on any atom is -0.481 e. The van der Waals surface area contributed by atoms with E-state index in [4.69, 9.17) is 5.11 Å². The Morgan fingerprint density at radius 2 is 2.00 bits per heavy atom. The van der Waals surface area contributed by atoms with Crippen LogP contribution in [0.5, 0.6) is 0 Å². The number of hydrogen-bond acceptors (Lipinski definition) is 3. The van der Waals surface area contributed by atoms with Gasteiger partial charge >= 0.3 is 5.97 Å². The maximum Gasteiger partial charge on any atom is 0.319 e. The SMILES string of the molecule is O=C(O)C1C(=O)Nc2ccccc2C1O. The lowest BCUT2D eigenvalue weighted by atomic mass is 9.90. The summed E-state index contributed by atoms with van der Waals surface area (Å²) in [4.78, 5) is 22.1. The number of rotatable bonds is 1. The number of carbonyl (C=O) groups is 2. The van der Waals surface area contributed by atoms with Crippen LogP contribution in [0.25, 0.3) is 0 Å². The Hall–Kier alpha value is -1.88. The van der Waals surface area contributed by atoms with Crippen LogP contribution in [-0.4, -0.2) is 22.1 Å². The fourth-order valence-corrected chi connectivity index (χ4v) is 1.65. The van der Waals surface area contributed by atoms with Crippen LogP contribution in [0, 0.1) is 5.92 Å². The van der Waals surface area contributed by atoms with E-state index in [0.29, 0.717) is 11.3 Å². The van der Waals surface area contributed by atoms with Crippen molar-refractivity contribution < 1.29 is 19.8 Å². The Labute approximate surface area is 85.3 Å². The van der Waals surface area contributed by atoms with Crippen LogP contribution in [0.1, 0.15) is 11.7 Å². The molecular formula is C10H9NO4. The fourth-order valence-electron chi connectivity index (χ4n) is 1.65. The van der Waals surface area contributed by atoms with Gasteiger partial charge in [0.25, 0.3) is 0 Å². The summed E-state index contributed by atoms with van der Waals surface area (Å²) in [7, 11) is 0. The first-order valence-electron chi connectivity index (χ1n) is 4.42. The van der Waals surface area contributed by atoms with Crippen LogP contribution >= 0.6 is 0 Å². The monoisotopic (exact) mass is 207 g/mol. The summed E-state index contributed by atoms with van der Waals surface area (Å²) in [6.07, 6.45) is -1.28. The first-order valence-corrected chi connectivity index (χ1v) is 4.42. The Kier molecular flexibility index (Phi) is 2.17. The average Bonchev–Trinajstić information content (AvgIpc) is 2.17. The lowest BCUT2D eigenvalue weighted by Crippen LogP contribution is -2.38. The molecule has 5 heteroatoms. The van der Waals surface area contributed by atoms with E-state index in [0.717, 1.165) is 0 Å². The average molecular weight is 207 g/mol. The van der Waals surface area contributed by atoms with Gasteiger partial charge in [-0.25, -0.2) is 0 Å². The summed E-state index contributed by atoms with van der Waals surface area (Å²) in [5.41, 5.74) is 0.900. The molecule has 15 heavy (non-hydrogen) atoms. The van der Waals surface area contributed by atoms with Gasteiger partial charge in [0.2, 0.25) is 5.91 Å². The smallest absolute Gasteiger partial charge is 0.319 e. The number of hydrogen-bond donors (Lipinski definition) is 3. The number of carboxylic acids is 1. The summed E-state index contributed by atoms with van der Waals surface area (Å²) >= 11 is 0. The van der Waals surface area contributed by atoms with Gasteiger partial charge in [0.1, 0.15) is 6.10 Å². The zero-order chi connectivity index (χ0) is 11.0. The van der Waals surface area contributed by atoms with E-state index in [2.05, 4.69) is 5.32 Å². The number of benzene rings is 1. The largest absolute Gasteiger partial charge is 0.481 e. The Morgan fingerprint density at radius 3 is 2.67 bits per heavy atom. The number of nitrogens with one attached hydrogen (secondary N) is 1. The van der Waals surface area contributed by atoms with Crippen molar-refractivity contribution in [1.29, 1.82) is 0 Å². The van der Waals surface area contributed by atoms with Crippen molar-refractivity contribution in [3.05, 3.63) is 29.8 Å². The van der Waals surface area contributed by atoms with Gasteiger partial charge in [-0.1, -0.05) is 18.2 Å². The molecule has 0 saturated heterocycles. The number of aliphatic hydroxyl groups excluding tert-OH is 1. The van der Waals surface area contributed by atoms with Crippen molar-refractivity contribution in [2.75, 3.05) is 5.32 Å². The van der Waals surface area contributed by atoms with E-state index in [-0.39, 0.29) is 0 Å². The van der Waals surface area contributed by atoms with E-state index in [9.17, 15) is 14.7 Å². The summed E-state index contributed by atoms with van der Waals surface area (Å²) in [6.45, 7) is 0. The van der Waals surface area contributed by atoms with Gasteiger partial charge in [-0.2, -0.15) is 0 Å². The molecule has 1 aliphatic heterocycles. The fraction of sp³-hybridized carbons (Fsp3) is 0.200. The maximum atomic E-state index is 11.4. The van der Waals surface area contributed by atoms with Crippen LogP contribution in [0.3, 0.4) is 0 Å². The number of carbonyl (C=O) groups excluding carboxylic acids is 1. The van der Waals surface area contributed by atoms with Crippen molar-refractivity contribution >= 4 is 17.6 Å². The molecule has 1 aliphatic rings. The van der Waals surface area contributed by atoms with Gasteiger partial charge < -0.3 is 15.5 Å². The second-order valence-corrected chi connectivity index (χ2v) is 3.34. The van der Waals surface area contributed by atoms with Crippen molar-refractivity contribution in [3.63, 3.8) is 0 Å². The molecule has 0 saturated carbocycles. The molecule has 2 unspecified atom stereocenters. The normalized spacial score (nSPS) is 24.2. The summed E-state index contributed by atoms with van der Waals surface area (Å²) < 4.78 is 0. The minimum absolute atomic E-state index is 0.435. The van der Waals surface area contributed by atoms with Crippen molar-refractivity contribution in [2.24, 2.45) is 5.92 Å². The molecule has 1 amide bonds. The molecular weight excluding hydrogens is 198 g/mol. The third-order valence-corrected chi connectivity index (χ3v) is 2.40. The van der Waals surface area contributed by atoms with E-state index in [1.807, 2.05) is 0 Å². The molecule has 0 aromatic heterocycles. The minimum atomic E-state index is -1.43. The first kappa shape index (κ1) is 9.67. The summed E-state index contributed by atoms with van der Waals surface area (Å²) in [5, 5.41) is 20.9. The van der Waals surface area contributed by atoms with E-state index in [1.54, 1.807) is 24.3 Å². The molecule has 0 fully saturated rings. The van der Waals surface area contributed by atoms with Gasteiger partial charge in [0.15, 0.2) is 5.92 Å². The molecule has 2 rings (SSSR count). The molecule has 0 aliphatic carbocycles. The zero-order valence-electron chi connectivity index (χ0n) is 7.68. The molecule has 0 bridgehead atoms. The zero-order valence-corrected chi connectivity index (χ0v) is 7.68. The van der Waals surface area contributed by atoms with Crippen LogP contribution in [0.4, 0.5) is 5.69 Å². The van der Waals surface area contributed by atoms with Crippen LogP contribution in [-0.2, 0) is 9.59 Å². The lowest BCUT2D eigenvalue weighted by Gasteiger charge is -2.26. The number of aliphatic carboxylic acids is 1. The number of carboxylic acid groups (broad SMARTS) is 1. The maximum absolute atomic E-state index is 11.4. The van der Waals surface area contributed by atoms with Gasteiger partial charge in [-0.15, -0.1) is 0 Å². The highest BCUT2D eigenvalue weighted by Crippen LogP contribution is 2.33. The third kappa shape index (κ3) is 1.46. The summed E-state index contributed by atoms with van der Waals surface area (Å²) in [6, 6.07) is 6.59. The third-order valence-electron chi connectivity index (χ3n) is 2.40. The highest BCUT2D eigenvalue weighted by molar-refractivity contribution is 6.07. The highest BCUT2D eigenvalue weighted by Gasteiger charge is 2.39. The number of anilines is 1. The van der Waals surface area contributed by atoms with E-state index in [1.165, 1.54) is 0 Å². The topological polar surface area (TPSA) is 86.6 Å². The van der Waals surface area contributed by atoms with Gasteiger partial charge in [-0.3, -0.25) is 9.59 Å². The second-order valence-electron chi connectivity index (χ2n) is 3.34. The standard InChI is InChI=1S/C10H9NO4/c12-8-5-3-1-2-4-6(5)11-9(13)7(8)10(14)15/h1-4,7-8,12H,(H,11,13)(H,14,15). The summed E-state index contributed by atoms with van der Waals surface area (Å²) in [5.74, 6) is -3.44. The molecule has 3 N–H and O–H groups in total. The molecule has 5 nitrogen and oxygen atoms in total. The molecule has 1 heterocycles. The van der Waals surface area contributed by atoms with E-state index < -0.39 is 23.9 Å². The molecule has 0 spiro atoms. The van der Waals surface area contributed by atoms with Gasteiger partial charge in [-0.05, 0) is 6.07 Å². The molecule has 2 atom stereocenters. The van der Waals surface area contributed by atoms with E-state index >= 15 is 0 Å². The first-order chi connectivity index (χ1) is 7.11. The molecule has 1 aromatic rings. The Morgan fingerprint density at radius 1 is 1.33 bits per heavy atom. The Bertz CT molecular complexity index is 429. The molecule has 78 valence electrons. The number of amides is 1. The number of fused-ring (bicyclic) bond motifs is 1. The van der Waals surface area contributed by atoms with Crippen LogP contribution in [0.15, 0.2) is 24.3 Å². The number of aliphatic hydroxyl groups is 1. The van der Waals surface area contributed by atoms with Gasteiger partial charge in [0.05, 0.1) is 0 Å². The van der Waals surface area contributed by atoms with Crippen molar-refractivity contribution in [2.45, 2.75) is 6.10 Å². The van der Waals surface area contributed by atoms with Gasteiger partial charge in [0, 0.05) is 11.3 Å². The molecule has 1 aromatic carbocycles.